The summed E-state index contributed by atoms with van der Waals surface area (Å²) in [4.78, 5) is 18.6. The van der Waals surface area contributed by atoms with Gasteiger partial charge >= 0.3 is 0 Å². The highest BCUT2D eigenvalue weighted by atomic mass is 32.1. The average Bonchev–Trinajstić information content (AvgIpc) is 3.30. The smallest absolute Gasteiger partial charge is 0.142 e. The van der Waals surface area contributed by atoms with Crippen LogP contribution in [0.2, 0.25) is 0 Å². The van der Waals surface area contributed by atoms with E-state index in [4.69, 9.17) is 5.53 Å². The fraction of sp³-hybridized carbons (Fsp3) is 0.316. The number of nitrogens with one attached hydrogen (secondary N) is 1. The molecule has 2 aliphatic rings. The van der Waals surface area contributed by atoms with Gasteiger partial charge in [0.15, 0.2) is 0 Å². The van der Waals surface area contributed by atoms with E-state index in [-0.39, 0.29) is 0 Å². The molecular formula is C19H17N7S. The first kappa shape index (κ1) is 16.2. The topological polar surface area (TPSA) is 98.9 Å². The number of hydrogen-bond acceptors (Lipinski definition) is 6. The molecule has 0 fully saturated rings. The Labute approximate surface area is 159 Å². The molecule has 1 N–H and O–H groups in total. The van der Waals surface area contributed by atoms with Gasteiger partial charge in [0.2, 0.25) is 0 Å². The number of aryl methyl sites for hydroxylation is 1. The van der Waals surface area contributed by atoms with Crippen LogP contribution in [0.5, 0.6) is 0 Å². The van der Waals surface area contributed by atoms with Crippen LogP contribution in [-0.2, 0) is 19.4 Å². The molecule has 7 nitrogen and oxygen atoms in total. The number of aliphatic imine (C=N–C) groups is 1. The molecule has 0 radical (unpaired) electrons. The summed E-state index contributed by atoms with van der Waals surface area (Å²) in [5.41, 5.74) is 13.3. The molecule has 1 aliphatic heterocycles. The second kappa shape index (κ2) is 6.64. The van der Waals surface area contributed by atoms with Crippen molar-refractivity contribution >= 4 is 39.3 Å². The maximum atomic E-state index is 8.57. The van der Waals surface area contributed by atoms with Crippen molar-refractivity contribution in [2.45, 2.75) is 25.8 Å². The van der Waals surface area contributed by atoms with Crippen LogP contribution in [-0.4, -0.2) is 22.7 Å². The highest BCUT2D eigenvalue weighted by Gasteiger charge is 2.25. The molecule has 27 heavy (non-hydrogen) atoms. The van der Waals surface area contributed by atoms with E-state index in [1.807, 2.05) is 6.21 Å². The monoisotopic (exact) mass is 375 g/mol. The van der Waals surface area contributed by atoms with E-state index in [0.717, 1.165) is 47.5 Å². The van der Waals surface area contributed by atoms with Crippen LogP contribution in [0.1, 0.15) is 28.0 Å². The van der Waals surface area contributed by atoms with Crippen LogP contribution in [0.3, 0.4) is 0 Å². The van der Waals surface area contributed by atoms with E-state index in [2.05, 4.69) is 48.5 Å². The molecule has 1 atom stereocenters. The Kier molecular flexibility index (Phi) is 3.99. The summed E-state index contributed by atoms with van der Waals surface area (Å²) in [6.45, 7) is 1.33. The van der Waals surface area contributed by atoms with Crippen molar-refractivity contribution in [3.63, 3.8) is 0 Å². The number of nitrogens with zero attached hydrogens (tertiary/aromatic N) is 6. The zero-order valence-electron chi connectivity index (χ0n) is 14.6. The quantitative estimate of drug-likeness (QED) is 0.403. The Morgan fingerprint density at radius 1 is 1.33 bits per heavy atom. The summed E-state index contributed by atoms with van der Waals surface area (Å²) in [5, 5.41) is 8.38. The number of benzene rings is 1. The van der Waals surface area contributed by atoms with Crippen molar-refractivity contribution in [1.29, 1.82) is 0 Å². The van der Waals surface area contributed by atoms with Gasteiger partial charge in [0.25, 0.3) is 0 Å². The Bertz CT molecular complexity index is 1110. The van der Waals surface area contributed by atoms with Crippen molar-refractivity contribution in [2.75, 3.05) is 11.9 Å². The van der Waals surface area contributed by atoms with Crippen molar-refractivity contribution in [3.05, 3.63) is 56.5 Å². The van der Waals surface area contributed by atoms with Gasteiger partial charge in [0.1, 0.15) is 17.0 Å². The van der Waals surface area contributed by atoms with Gasteiger partial charge in [0, 0.05) is 28.2 Å². The van der Waals surface area contributed by atoms with Crippen LogP contribution in [0.25, 0.3) is 20.7 Å². The molecule has 0 unspecified atom stereocenters. The van der Waals surface area contributed by atoms with Crippen molar-refractivity contribution in [2.24, 2.45) is 16.0 Å². The second-order valence-electron chi connectivity index (χ2n) is 6.94. The maximum absolute atomic E-state index is 8.57. The van der Waals surface area contributed by atoms with E-state index >= 15 is 0 Å². The van der Waals surface area contributed by atoms with Gasteiger partial charge in [-0.2, -0.15) is 0 Å². The van der Waals surface area contributed by atoms with E-state index in [1.54, 1.807) is 17.7 Å². The Balaban J connectivity index is 1.50. The van der Waals surface area contributed by atoms with E-state index in [0.29, 0.717) is 12.5 Å². The summed E-state index contributed by atoms with van der Waals surface area (Å²) in [6.07, 6.45) is 6.50. The predicted octanol–water partition coefficient (Wildman–Crippen LogP) is 4.78. The first-order valence-electron chi connectivity index (χ1n) is 8.97. The minimum atomic E-state index is 0.418. The summed E-state index contributed by atoms with van der Waals surface area (Å²) >= 11 is 1.73. The van der Waals surface area contributed by atoms with Crippen molar-refractivity contribution < 1.29 is 0 Å². The lowest BCUT2D eigenvalue weighted by molar-refractivity contribution is 0.475. The fourth-order valence-corrected chi connectivity index (χ4v) is 5.20. The predicted molar refractivity (Wildman–Crippen MR) is 108 cm³/mol. The number of hydrogen-bond donors (Lipinski definition) is 1. The van der Waals surface area contributed by atoms with E-state index in [1.165, 1.54) is 21.6 Å². The van der Waals surface area contributed by atoms with Gasteiger partial charge in [0.05, 0.1) is 11.9 Å². The molecule has 0 spiro atoms. The Hall–Kier alpha value is -2.96. The molecule has 134 valence electrons. The molecule has 3 aromatic rings. The molecule has 0 saturated carbocycles. The van der Waals surface area contributed by atoms with Crippen LogP contribution in [0, 0.1) is 5.92 Å². The van der Waals surface area contributed by atoms with Gasteiger partial charge in [-0.05, 0) is 59.5 Å². The van der Waals surface area contributed by atoms with Gasteiger partial charge in [-0.25, -0.2) is 9.97 Å². The average molecular weight is 375 g/mol. The zero-order valence-corrected chi connectivity index (χ0v) is 15.4. The molecule has 0 bridgehead atoms. The lowest BCUT2D eigenvalue weighted by atomic mass is 9.88. The van der Waals surface area contributed by atoms with Gasteiger partial charge in [-0.1, -0.05) is 11.2 Å². The third-order valence-electron chi connectivity index (χ3n) is 5.25. The third-order valence-corrected chi connectivity index (χ3v) is 6.41. The van der Waals surface area contributed by atoms with Crippen LogP contribution in [0.15, 0.2) is 34.6 Å². The maximum Gasteiger partial charge on any atom is 0.142 e. The van der Waals surface area contributed by atoms with Crippen LogP contribution < -0.4 is 5.32 Å². The fourth-order valence-electron chi connectivity index (χ4n) is 3.90. The molecule has 0 saturated heterocycles. The summed E-state index contributed by atoms with van der Waals surface area (Å²) < 4.78 is 0. The minimum absolute atomic E-state index is 0.418. The highest BCUT2D eigenvalue weighted by Crippen LogP contribution is 2.40. The highest BCUT2D eigenvalue weighted by molar-refractivity contribution is 7.19. The molecule has 2 aromatic heterocycles. The number of rotatable bonds is 4. The Morgan fingerprint density at radius 2 is 2.30 bits per heavy atom. The summed E-state index contributed by atoms with van der Waals surface area (Å²) in [6, 6.07) is 6.32. The van der Waals surface area contributed by atoms with E-state index in [9.17, 15) is 0 Å². The molecule has 0 amide bonds. The molecule has 5 rings (SSSR count). The largest absolute Gasteiger partial charge is 0.340 e. The number of fused-ring (bicyclic) bond motifs is 4. The molecule has 8 heteroatoms. The van der Waals surface area contributed by atoms with Crippen LogP contribution in [0.4, 0.5) is 11.5 Å². The summed E-state index contributed by atoms with van der Waals surface area (Å²) in [5.74, 6) is 1.28. The zero-order chi connectivity index (χ0) is 18.2. The lowest BCUT2D eigenvalue weighted by Crippen LogP contribution is -2.15. The van der Waals surface area contributed by atoms with Gasteiger partial charge in [-0.15, -0.1) is 11.3 Å². The third kappa shape index (κ3) is 2.93. The summed E-state index contributed by atoms with van der Waals surface area (Å²) in [7, 11) is 0. The molecule has 3 heterocycles. The SMILES string of the molecule is [N-]=[N+]=NC[C@@H]1CCc2c(sc3ncnc(Nc4ccc5c(c4)C=NC5)c23)C1. The first-order chi connectivity index (χ1) is 13.3. The number of aromatic nitrogens is 2. The molecule has 1 aliphatic carbocycles. The molecule has 1 aromatic carbocycles. The van der Waals surface area contributed by atoms with Gasteiger partial charge < -0.3 is 5.32 Å². The standard InChI is InChI=1S/C19H17N7S/c20-26-24-7-11-1-4-15-16(5-11)27-19-17(15)18(22-10-23-19)25-14-3-2-12-8-21-9-13(12)6-14/h2-3,6,9-11H,1,4-5,7-8H2,(H,22,23,25)/t11-/m1/s1. The number of thiophene rings is 1. The normalized spacial score (nSPS) is 17.4. The minimum Gasteiger partial charge on any atom is -0.340 e. The Morgan fingerprint density at radius 3 is 3.22 bits per heavy atom. The van der Waals surface area contributed by atoms with Crippen LogP contribution >= 0.6 is 11.3 Å². The first-order valence-corrected chi connectivity index (χ1v) is 9.79. The van der Waals surface area contributed by atoms with E-state index < -0.39 is 0 Å². The lowest BCUT2D eigenvalue weighted by Gasteiger charge is -2.20. The number of anilines is 2. The van der Waals surface area contributed by atoms with Gasteiger partial charge in [-0.3, -0.25) is 4.99 Å². The van der Waals surface area contributed by atoms with Crippen molar-refractivity contribution in [1.82, 2.24) is 9.97 Å². The second-order valence-corrected chi connectivity index (χ2v) is 8.02. The van der Waals surface area contributed by atoms with Crippen molar-refractivity contribution in [3.8, 4) is 0 Å². The number of azide groups is 1. The molecular weight excluding hydrogens is 358 g/mol.